The lowest BCUT2D eigenvalue weighted by molar-refractivity contribution is 0.355. The number of para-hydroxylation sites is 1. The summed E-state index contributed by atoms with van der Waals surface area (Å²) in [5, 5.41) is 6.82. The highest BCUT2D eigenvalue weighted by Gasteiger charge is 2.14. The molecule has 1 aromatic heterocycles. The van der Waals surface area contributed by atoms with Gasteiger partial charge < -0.3 is 20.1 Å². The summed E-state index contributed by atoms with van der Waals surface area (Å²) >= 11 is 12.6. The van der Waals surface area contributed by atoms with Crippen LogP contribution >= 0.6 is 23.2 Å². The minimum absolute atomic E-state index is 0.0659. The van der Waals surface area contributed by atoms with E-state index in [1.165, 1.54) is 20.4 Å². The number of benzene rings is 2. The van der Waals surface area contributed by atoms with Gasteiger partial charge in [0.25, 0.3) is 10.2 Å². The first kappa shape index (κ1) is 25.8. The fraction of sp³-hybridized carbons (Fsp3) is 0.238. The van der Waals surface area contributed by atoms with Crippen molar-refractivity contribution in [3.63, 3.8) is 0 Å². The largest absolute Gasteiger partial charge is 0.493 e. The molecule has 0 bridgehead atoms. The van der Waals surface area contributed by atoms with Crippen molar-refractivity contribution in [1.29, 1.82) is 0 Å². The Labute approximate surface area is 208 Å². The number of hydrogen-bond acceptors (Lipinski definition) is 8. The van der Waals surface area contributed by atoms with Crippen LogP contribution in [0.2, 0.25) is 10.0 Å². The zero-order chi connectivity index (χ0) is 24.7. The Morgan fingerprint density at radius 1 is 1.00 bits per heavy atom. The molecule has 2 aromatic carbocycles. The number of halogens is 2. The Kier molecular flexibility index (Phi) is 8.75. The van der Waals surface area contributed by atoms with Crippen LogP contribution < -0.4 is 29.6 Å². The molecule has 34 heavy (non-hydrogen) atoms. The lowest BCUT2D eigenvalue weighted by atomic mass is 10.2. The quantitative estimate of drug-likeness (QED) is 0.292. The highest BCUT2D eigenvalue weighted by atomic mass is 35.5. The number of methoxy groups -OCH3 is 2. The van der Waals surface area contributed by atoms with Gasteiger partial charge in [-0.05, 0) is 17.7 Å². The fourth-order valence-corrected chi connectivity index (χ4v) is 4.23. The molecule has 0 unspecified atom stereocenters. The molecule has 0 aliphatic carbocycles. The van der Waals surface area contributed by atoms with Crippen LogP contribution in [-0.4, -0.2) is 39.2 Å². The molecule has 0 radical (unpaired) electrons. The summed E-state index contributed by atoms with van der Waals surface area (Å²) in [6, 6.07) is 10.5. The first-order valence-corrected chi connectivity index (χ1v) is 12.3. The molecule has 182 valence electrons. The summed E-state index contributed by atoms with van der Waals surface area (Å²) in [7, 11) is -0.594. The summed E-state index contributed by atoms with van der Waals surface area (Å²) in [4.78, 5) is 8.64. The number of ether oxygens (including phenoxy) is 2. The fourth-order valence-electron chi connectivity index (χ4n) is 2.97. The smallest absolute Gasteiger partial charge is 0.277 e. The second-order valence-electron chi connectivity index (χ2n) is 6.81. The molecule has 0 fully saturated rings. The van der Waals surface area contributed by atoms with Gasteiger partial charge in [-0.25, -0.2) is 9.71 Å². The maximum atomic E-state index is 11.9. The summed E-state index contributed by atoms with van der Waals surface area (Å²) in [6.45, 7) is 2.05. The van der Waals surface area contributed by atoms with Crippen LogP contribution in [0.4, 0.5) is 23.1 Å². The van der Waals surface area contributed by atoms with Gasteiger partial charge in [0.15, 0.2) is 17.3 Å². The highest BCUT2D eigenvalue weighted by Crippen LogP contribution is 2.38. The first-order valence-electron chi connectivity index (χ1n) is 10.1. The third-order valence-electron chi connectivity index (χ3n) is 4.49. The lowest BCUT2D eigenvalue weighted by Crippen LogP contribution is -2.35. The van der Waals surface area contributed by atoms with Gasteiger partial charge in [0, 0.05) is 30.5 Å². The van der Waals surface area contributed by atoms with Crippen molar-refractivity contribution in [2.45, 2.75) is 13.5 Å². The Morgan fingerprint density at radius 2 is 1.76 bits per heavy atom. The Morgan fingerprint density at radius 3 is 2.47 bits per heavy atom. The van der Waals surface area contributed by atoms with Gasteiger partial charge in [-0.1, -0.05) is 48.3 Å². The van der Waals surface area contributed by atoms with E-state index in [9.17, 15) is 8.42 Å². The average molecular weight is 527 g/mol. The molecule has 13 heteroatoms. The van der Waals surface area contributed by atoms with E-state index in [2.05, 4.69) is 30.0 Å². The molecular weight excluding hydrogens is 503 g/mol. The van der Waals surface area contributed by atoms with E-state index < -0.39 is 10.2 Å². The number of anilines is 4. The maximum Gasteiger partial charge on any atom is 0.277 e. The van der Waals surface area contributed by atoms with Gasteiger partial charge in [0.2, 0.25) is 5.95 Å². The molecule has 0 amide bonds. The van der Waals surface area contributed by atoms with Gasteiger partial charge in [0.1, 0.15) is 5.02 Å². The van der Waals surface area contributed by atoms with Crippen LogP contribution in [-0.2, 0) is 16.8 Å². The molecule has 0 atom stereocenters. The number of aromatic nitrogens is 2. The Balaban J connectivity index is 1.83. The minimum Gasteiger partial charge on any atom is -0.493 e. The molecule has 3 aromatic rings. The topological polar surface area (TPSA) is 127 Å². The van der Waals surface area contributed by atoms with E-state index in [1.54, 1.807) is 37.3 Å². The molecule has 10 nitrogen and oxygen atoms in total. The molecule has 0 aliphatic rings. The Bertz CT molecular complexity index is 1260. The highest BCUT2D eigenvalue weighted by molar-refractivity contribution is 7.87. The average Bonchev–Trinajstić information content (AvgIpc) is 2.80. The summed E-state index contributed by atoms with van der Waals surface area (Å²) in [5.41, 5.74) is 1.90. The SMILES string of the molecule is CCNS(=O)(=O)NCc1ccccc1Nc1nc(Nc2cc(Cl)c(OC)c(OC)c2)ncc1Cl. The number of rotatable bonds is 11. The van der Waals surface area contributed by atoms with Crippen molar-refractivity contribution in [3.8, 4) is 11.5 Å². The first-order chi connectivity index (χ1) is 16.3. The van der Waals surface area contributed by atoms with Gasteiger partial charge >= 0.3 is 0 Å². The predicted octanol–water partition coefficient (Wildman–Crippen LogP) is 4.23. The second-order valence-corrected chi connectivity index (χ2v) is 9.21. The van der Waals surface area contributed by atoms with Crippen LogP contribution in [0.5, 0.6) is 11.5 Å². The van der Waals surface area contributed by atoms with Crippen LogP contribution in [0.1, 0.15) is 12.5 Å². The van der Waals surface area contributed by atoms with Gasteiger partial charge in [0.05, 0.1) is 25.4 Å². The normalized spacial score (nSPS) is 11.2. The number of hydrogen-bond donors (Lipinski definition) is 4. The molecule has 4 N–H and O–H groups in total. The zero-order valence-electron chi connectivity index (χ0n) is 18.6. The molecular formula is C21H24Cl2N6O4S. The molecule has 0 saturated carbocycles. The molecule has 0 aliphatic heterocycles. The Hall–Kier alpha value is -2.83. The summed E-state index contributed by atoms with van der Waals surface area (Å²) in [5.74, 6) is 1.43. The van der Waals surface area contributed by atoms with Crippen molar-refractivity contribution in [2.24, 2.45) is 0 Å². The molecule has 1 heterocycles. The lowest BCUT2D eigenvalue weighted by Gasteiger charge is -2.15. The maximum absolute atomic E-state index is 11.9. The van der Waals surface area contributed by atoms with Crippen LogP contribution in [0.3, 0.4) is 0 Å². The van der Waals surface area contributed by atoms with E-state index in [4.69, 9.17) is 32.7 Å². The summed E-state index contributed by atoms with van der Waals surface area (Å²) in [6.07, 6.45) is 1.44. The van der Waals surface area contributed by atoms with E-state index in [0.717, 1.165) is 0 Å². The monoisotopic (exact) mass is 526 g/mol. The van der Waals surface area contributed by atoms with Crippen molar-refractivity contribution >= 4 is 56.6 Å². The number of nitrogens with zero attached hydrogens (tertiary/aromatic N) is 2. The van der Waals surface area contributed by atoms with Crippen LogP contribution in [0, 0.1) is 0 Å². The third kappa shape index (κ3) is 6.61. The number of nitrogens with one attached hydrogen (secondary N) is 4. The van der Waals surface area contributed by atoms with E-state index in [1.807, 2.05) is 6.07 Å². The minimum atomic E-state index is -3.60. The standard InChI is InChI=1S/C21H24Cl2N6O4S/c1-4-25-34(30,31)26-11-13-7-5-6-8-17(13)28-20-16(23)12-24-21(29-20)27-14-9-15(22)19(33-3)18(10-14)32-2/h5-10,12,25-26H,4,11H2,1-3H3,(H2,24,27,28,29). The van der Waals surface area contributed by atoms with Crippen molar-refractivity contribution in [2.75, 3.05) is 31.4 Å². The van der Waals surface area contributed by atoms with Gasteiger partial charge in [-0.3, -0.25) is 0 Å². The zero-order valence-corrected chi connectivity index (χ0v) is 21.0. The van der Waals surface area contributed by atoms with Crippen molar-refractivity contribution in [3.05, 3.63) is 58.2 Å². The van der Waals surface area contributed by atoms with Crippen molar-refractivity contribution in [1.82, 2.24) is 19.4 Å². The molecule has 3 rings (SSSR count). The summed E-state index contributed by atoms with van der Waals surface area (Å²) < 4.78 is 39.3. The van der Waals surface area contributed by atoms with Crippen LogP contribution in [0.15, 0.2) is 42.6 Å². The molecule has 0 saturated heterocycles. The van der Waals surface area contributed by atoms with Crippen molar-refractivity contribution < 1.29 is 17.9 Å². The van der Waals surface area contributed by atoms with E-state index in [-0.39, 0.29) is 24.1 Å². The molecule has 0 spiro atoms. The van der Waals surface area contributed by atoms with E-state index in [0.29, 0.717) is 39.3 Å². The second kappa shape index (κ2) is 11.5. The van der Waals surface area contributed by atoms with Crippen LogP contribution in [0.25, 0.3) is 0 Å². The van der Waals surface area contributed by atoms with E-state index >= 15 is 0 Å². The van der Waals surface area contributed by atoms with Gasteiger partial charge in [-0.15, -0.1) is 0 Å². The third-order valence-corrected chi connectivity index (χ3v) is 6.24. The predicted molar refractivity (Wildman–Crippen MR) is 134 cm³/mol. The van der Waals surface area contributed by atoms with Gasteiger partial charge in [-0.2, -0.15) is 18.1 Å².